The van der Waals surface area contributed by atoms with Gasteiger partial charge in [-0.3, -0.25) is 0 Å². The number of β-amino-alcohol motifs (C(OH)–C–C–N with tert-alkyl or cyclic N) is 1. The van der Waals surface area contributed by atoms with Gasteiger partial charge in [0.1, 0.15) is 21.6 Å². The van der Waals surface area contributed by atoms with Crippen LogP contribution in [0.4, 0.5) is 17.6 Å². The van der Waals surface area contributed by atoms with E-state index in [0.29, 0.717) is 28.6 Å². The van der Waals surface area contributed by atoms with Gasteiger partial charge >= 0.3 is 6.18 Å². The fourth-order valence-electron chi connectivity index (χ4n) is 3.39. The molecule has 0 aliphatic carbocycles. The number of aliphatic hydroxyl groups is 2. The van der Waals surface area contributed by atoms with Crippen LogP contribution in [0.5, 0.6) is 0 Å². The highest BCUT2D eigenvalue weighted by atomic mass is 35.5. The van der Waals surface area contributed by atoms with Crippen LogP contribution in [0.2, 0.25) is 10.0 Å². The number of hydrogen-bond acceptors (Lipinski definition) is 6. The Morgan fingerprint density at radius 1 is 1.06 bits per heavy atom. The van der Waals surface area contributed by atoms with Crippen LogP contribution in [-0.4, -0.2) is 61.9 Å². The molecule has 182 valence electrons. The summed E-state index contributed by atoms with van der Waals surface area (Å²) < 4.78 is 105. The Labute approximate surface area is 196 Å². The molecule has 2 aromatic rings. The molecule has 0 aromatic heterocycles. The van der Waals surface area contributed by atoms with Crippen LogP contribution >= 0.6 is 23.2 Å². The summed E-state index contributed by atoms with van der Waals surface area (Å²) in [4.78, 5) is -1.37. The molecule has 15 heteroatoms. The van der Waals surface area contributed by atoms with E-state index < -0.39 is 82.8 Å². The van der Waals surface area contributed by atoms with Gasteiger partial charge in [-0.2, -0.15) is 17.5 Å². The van der Waals surface area contributed by atoms with Crippen molar-refractivity contribution in [2.75, 3.05) is 19.7 Å². The van der Waals surface area contributed by atoms with Gasteiger partial charge in [-0.15, -0.1) is 0 Å². The second kappa shape index (κ2) is 8.63. The Morgan fingerprint density at radius 3 is 2.21 bits per heavy atom. The van der Waals surface area contributed by atoms with Crippen LogP contribution in [-0.2, 0) is 26.0 Å². The van der Waals surface area contributed by atoms with Gasteiger partial charge in [-0.1, -0.05) is 23.2 Å². The van der Waals surface area contributed by atoms with Gasteiger partial charge in [0, 0.05) is 13.1 Å². The van der Waals surface area contributed by atoms with Crippen molar-refractivity contribution < 1.29 is 44.6 Å². The summed E-state index contributed by atoms with van der Waals surface area (Å²) in [6.07, 6.45) is -4.79. The van der Waals surface area contributed by atoms with Crippen LogP contribution in [0.15, 0.2) is 46.2 Å². The SMILES string of the molecule is O=S(=O)(c1ccc(Cl)c(F)c1)[C@H]1CN(S(=O)(=O)c2ccc(C(F)(F)F)cc2Cl)C[C@@]1(O)CO. The van der Waals surface area contributed by atoms with Gasteiger partial charge in [-0.25, -0.2) is 21.2 Å². The number of halogens is 6. The van der Waals surface area contributed by atoms with Crippen molar-refractivity contribution in [3.05, 3.63) is 57.8 Å². The first-order chi connectivity index (χ1) is 15.0. The molecule has 1 fully saturated rings. The van der Waals surface area contributed by atoms with Crippen LogP contribution in [0.1, 0.15) is 5.56 Å². The van der Waals surface area contributed by atoms with E-state index in [1.807, 2.05) is 0 Å². The number of benzene rings is 2. The zero-order valence-electron chi connectivity index (χ0n) is 16.2. The van der Waals surface area contributed by atoms with E-state index in [0.717, 1.165) is 12.1 Å². The molecule has 2 aromatic carbocycles. The van der Waals surface area contributed by atoms with Gasteiger partial charge in [-0.05, 0) is 36.4 Å². The zero-order chi connectivity index (χ0) is 25.0. The van der Waals surface area contributed by atoms with Crippen molar-refractivity contribution in [3.63, 3.8) is 0 Å². The molecule has 33 heavy (non-hydrogen) atoms. The van der Waals surface area contributed by atoms with Crippen molar-refractivity contribution in [3.8, 4) is 0 Å². The Morgan fingerprint density at radius 2 is 1.70 bits per heavy atom. The molecule has 3 rings (SSSR count). The van der Waals surface area contributed by atoms with Crippen LogP contribution in [0.3, 0.4) is 0 Å². The number of hydrogen-bond donors (Lipinski definition) is 2. The minimum Gasteiger partial charge on any atom is -0.393 e. The Kier molecular flexibility index (Phi) is 6.83. The van der Waals surface area contributed by atoms with E-state index in [4.69, 9.17) is 23.2 Å². The summed E-state index contributed by atoms with van der Waals surface area (Å²) in [6, 6.07) is 3.97. The third-order valence-corrected chi connectivity index (χ3v) is 10.0. The zero-order valence-corrected chi connectivity index (χ0v) is 19.4. The van der Waals surface area contributed by atoms with Crippen molar-refractivity contribution in [1.29, 1.82) is 0 Å². The van der Waals surface area contributed by atoms with E-state index in [1.54, 1.807) is 0 Å². The Bertz CT molecular complexity index is 1300. The second-order valence-electron chi connectivity index (χ2n) is 7.31. The van der Waals surface area contributed by atoms with Crippen LogP contribution in [0, 0.1) is 5.82 Å². The lowest BCUT2D eigenvalue weighted by atomic mass is 10.1. The second-order valence-corrected chi connectivity index (χ2v) is 12.2. The van der Waals surface area contributed by atoms with Crippen molar-refractivity contribution in [1.82, 2.24) is 4.31 Å². The maximum absolute atomic E-state index is 13.8. The first-order valence-corrected chi connectivity index (χ1v) is 12.7. The molecular weight excluding hydrogens is 537 g/mol. The molecule has 2 N–H and O–H groups in total. The number of nitrogens with zero attached hydrogens (tertiary/aromatic N) is 1. The molecule has 1 aliphatic heterocycles. The highest BCUT2D eigenvalue weighted by molar-refractivity contribution is 7.92. The average Bonchev–Trinajstić information content (AvgIpc) is 3.09. The fourth-order valence-corrected chi connectivity index (χ4v) is 7.60. The topological polar surface area (TPSA) is 112 Å². The first kappa shape index (κ1) is 26.1. The lowest BCUT2D eigenvalue weighted by Gasteiger charge is -2.26. The molecule has 1 saturated heterocycles. The van der Waals surface area contributed by atoms with Crippen LogP contribution in [0.25, 0.3) is 0 Å². The number of aliphatic hydroxyl groups excluding tert-OH is 1. The lowest BCUT2D eigenvalue weighted by molar-refractivity contribution is -0.137. The maximum Gasteiger partial charge on any atom is 0.416 e. The van der Waals surface area contributed by atoms with Gasteiger partial charge in [0.15, 0.2) is 9.84 Å². The molecule has 1 aliphatic rings. The van der Waals surface area contributed by atoms with Gasteiger partial charge < -0.3 is 10.2 Å². The molecule has 0 amide bonds. The van der Waals surface area contributed by atoms with Gasteiger partial charge in [0.05, 0.1) is 27.1 Å². The van der Waals surface area contributed by atoms with Crippen molar-refractivity contribution >= 4 is 43.1 Å². The molecule has 0 unspecified atom stereocenters. The van der Waals surface area contributed by atoms with Crippen molar-refractivity contribution in [2.24, 2.45) is 0 Å². The molecule has 1 heterocycles. The maximum atomic E-state index is 13.8. The molecule has 2 atom stereocenters. The lowest BCUT2D eigenvalue weighted by Crippen LogP contribution is -2.49. The first-order valence-electron chi connectivity index (χ1n) is 8.93. The summed E-state index contributed by atoms with van der Waals surface area (Å²) in [5, 5.41) is 17.3. The normalized spacial score (nSPS) is 22.6. The Balaban J connectivity index is 2.03. The van der Waals surface area contributed by atoms with Gasteiger partial charge in [0.25, 0.3) is 0 Å². The van der Waals surface area contributed by atoms with E-state index in [9.17, 15) is 44.6 Å². The largest absolute Gasteiger partial charge is 0.416 e. The smallest absolute Gasteiger partial charge is 0.393 e. The summed E-state index contributed by atoms with van der Waals surface area (Å²) in [5.74, 6) is -1.08. The molecule has 0 spiro atoms. The van der Waals surface area contributed by atoms with Crippen LogP contribution < -0.4 is 0 Å². The van der Waals surface area contributed by atoms with Crippen molar-refractivity contribution in [2.45, 2.75) is 26.8 Å². The summed E-state index contributed by atoms with van der Waals surface area (Å²) >= 11 is 11.3. The molecule has 0 saturated carbocycles. The standard InChI is InChI=1S/C18H15Cl2F4NO6S2/c19-12-3-2-11(6-14(12)21)32(28,29)16-7-25(8-17(16,27)9-26)33(30,31)15-4-1-10(5-13(15)20)18(22,23)24/h1-6,16,26-27H,7-9H2/t16-,17+/m0/s1. The van der Waals surface area contributed by atoms with E-state index >= 15 is 0 Å². The van der Waals surface area contributed by atoms with E-state index in [1.165, 1.54) is 0 Å². The molecule has 0 radical (unpaired) electrons. The minimum absolute atomic E-state index is 0.376. The summed E-state index contributed by atoms with van der Waals surface area (Å²) in [5.41, 5.74) is -3.70. The average molecular weight is 552 g/mol. The third-order valence-electron chi connectivity index (χ3n) is 5.16. The molecule has 7 nitrogen and oxygen atoms in total. The van der Waals surface area contributed by atoms with E-state index in [2.05, 4.69) is 0 Å². The molecule has 0 bridgehead atoms. The Hall–Kier alpha value is -1.48. The number of alkyl halides is 3. The number of sulfone groups is 1. The predicted octanol–water partition coefficient (Wildman–Crippen LogP) is 2.72. The third kappa shape index (κ3) is 4.72. The number of rotatable bonds is 5. The number of sulfonamides is 1. The minimum atomic E-state index is -4.79. The van der Waals surface area contributed by atoms with E-state index in [-0.39, 0.29) is 5.02 Å². The predicted molar refractivity (Wildman–Crippen MR) is 110 cm³/mol. The quantitative estimate of drug-likeness (QED) is 0.552. The fraction of sp³-hybridized carbons (Fsp3) is 0.333. The summed E-state index contributed by atoms with van der Waals surface area (Å²) in [7, 11) is -9.31. The monoisotopic (exact) mass is 551 g/mol. The summed E-state index contributed by atoms with van der Waals surface area (Å²) in [6.45, 7) is -2.98. The highest BCUT2D eigenvalue weighted by Gasteiger charge is 2.55. The van der Waals surface area contributed by atoms with Gasteiger partial charge in [0.2, 0.25) is 10.0 Å². The molecular formula is C18H15Cl2F4NO6S2. The highest BCUT2D eigenvalue weighted by Crippen LogP contribution is 2.38.